The maximum atomic E-state index is 12.0. The van der Waals surface area contributed by atoms with Crippen molar-refractivity contribution in [3.8, 4) is 0 Å². The SMILES string of the molecule is O=C(NCCC1CCNC1)c1cc(I)ccc1Br. The third kappa shape index (κ3) is 3.93. The van der Waals surface area contributed by atoms with Crippen molar-refractivity contribution in [2.24, 2.45) is 5.92 Å². The van der Waals surface area contributed by atoms with Crippen LogP contribution in [0.3, 0.4) is 0 Å². The van der Waals surface area contributed by atoms with Gasteiger partial charge in [-0.1, -0.05) is 0 Å². The molecule has 1 amide bonds. The van der Waals surface area contributed by atoms with Gasteiger partial charge in [-0.05, 0) is 88.6 Å². The summed E-state index contributed by atoms with van der Waals surface area (Å²) in [5.41, 5.74) is 0.714. The lowest BCUT2D eigenvalue weighted by atomic mass is 10.1. The molecule has 1 aliphatic rings. The number of carbonyl (C=O) groups excluding carboxylic acids is 1. The highest BCUT2D eigenvalue weighted by Gasteiger charge is 2.15. The van der Waals surface area contributed by atoms with Gasteiger partial charge >= 0.3 is 0 Å². The molecule has 3 nitrogen and oxygen atoms in total. The lowest BCUT2D eigenvalue weighted by Gasteiger charge is -2.10. The summed E-state index contributed by atoms with van der Waals surface area (Å²) in [7, 11) is 0. The fraction of sp³-hybridized carbons (Fsp3) is 0.462. The van der Waals surface area contributed by atoms with Crippen molar-refractivity contribution in [2.45, 2.75) is 12.8 Å². The van der Waals surface area contributed by atoms with E-state index in [-0.39, 0.29) is 5.91 Å². The molecule has 18 heavy (non-hydrogen) atoms. The van der Waals surface area contributed by atoms with Crippen molar-refractivity contribution >= 4 is 44.4 Å². The van der Waals surface area contributed by atoms with Gasteiger partial charge in [0.05, 0.1) is 5.56 Å². The third-order valence-corrected chi connectivity index (χ3v) is 4.54. The maximum Gasteiger partial charge on any atom is 0.252 e. The van der Waals surface area contributed by atoms with Crippen LogP contribution in [0.4, 0.5) is 0 Å². The summed E-state index contributed by atoms with van der Waals surface area (Å²) in [5.74, 6) is 0.719. The maximum absolute atomic E-state index is 12.0. The number of amides is 1. The molecule has 1 aromatic rings. The minimum absolute atomic E-state index is 0.00588. The Morgan fingerprint density at radius 3 is 3.11 bits per heavy atom. The molecule has 1 unspecified atom stereocenters. The first-order chi connectivity index (χ1) is 8.66. The molecule has 0 aliphatic carbocycles. The summed E-state index contributed by atoms with van der Waals surface area (Å²) in [4.78, 5) is 12.0. The largest absolute Gasteiger partial charge is 0.352 e. The summed E-state index contributed by atoms with van der Waals surface area (Å²) in [6.45, 7) is 2.95. The molecule has 2 N–H and O–H groups in total. The molecule has 2 rings (SSSR count). The van der Waals surface area contributed by atoms with Gasteiger partial charge in [0.1, 0.15) is 0 Å². The highest BCUT2D eigenvalue weighted by molar-refractivity contribution is 14.1. The Hall–Kier alpha value is -0.140. The minimum Gasteiger partial charge on any atom is -0.352 e. The molecular weight excluding hydrogens is 407 g/mol. The highest BCUT2D eigenvalue weighted by atomic mass is 127. The molecule has 1 atom stereocenters. The van der Waals surface area contributed by atoms with E-state index >= 15 is 0 Å². The van der Waals surface area contributed by atoms with Gasteiger partial charge in [-0.2, -0.15) is 0 Å². The smallest absolute Gasteiger partial charge is 0.252 e. The first kappa shape index (κ1) is 14.3. The summed E-state index contributed by atoms with van der Waals surface area (Å²) < 4.78 is 1.92. The zero-order valence-electron chi connectivity index (χ0n) is 10.0. The van der Waals surface area contributed by atoms with Crippen molar-refractivity contribution in [3.63, 3.8) is 0 Å². The Morgan fingerprint density at radius 2 is 2.39 bits per heavy atom. The first-order valence-electron chi connectivity index (χ1n) is 6.11. The predicted molar refractivity (Wildman–Crippen MR) is 84.8 cm³/mol. The molecule has 1 aromatic carbocycles. The van der Waals surface area contributed by atoms with Crippen LogP contribution in [0.15, 0.2) is 22.7 Å². The standard InChI is InChI=1S/C13H16BrIN2O/c14-12-2-1-10(15)7-11(12)13(18)17-6-4-9-3-5-16-8-9/h1-2,7,9,16H,3-6,8H2,(H,17,18). The predicted octanol–water partition coefficient (Wildman–Crippen LogP) is 2.78. The Balaban J connectivity index is 1.85. The van der Waals surface area contributed by atoms with Gasteiger partial charge in [-0.3, -0.25) is 4.79 Å². The monoisotopic (exact) mass is 422 g/mol. The topological polar surface area (TPSA) is 41.1 Å². The summed E-state index contributed by atoms with van der Waals surface area (Å²) >= 11 is 5.63. The molecule has 1 heterocycles. The van der Waals surface area contributed by atoms with Gasteiger partial charge in [0.15, 0.2) is 0 Å². The molecular formula is C13H16BrIN2O. The van der Waals surface area contributed by atoms with Crippen LogP contribution >= 0.6 is 38.5 Å². The Morgan fingerprint density at radius 1 is 1.56 bits per heavy atom. The lowest BCUT2D eigenvalue weighted by molar-refractivity contribution is 0.0951. The molecule has 0 saturated carbocycles. The second-order valence-corrected chi connectivity index (χ2v) is 6.63. The van der Waals surface area contributed by atoms with Crippen molar-refractivity contribution in [2.75, 3.05) is 19.6 Å². The third-order valence-electron chi connectivity index (χ3n) is 3.17. The van der Waals surface area contributed by atoms with E-state index in [1.165, 1.54) is 6.42 Å². The molecule has 0 spiro atoms. The summed E-state index contributed by atoms with van der Waals surface area (Å²) in [5, 5.41) is 6.33. The van der Waals surface area contributed by atoms with E-state index in [0.717, 1.165) is 34.1 Å². The van der Waals surface area contributed by atoms with Crippen LogP contribution < -0.4 is 10.6 Å². The van der Waals surface area contributed by atoms with E-state index in [0.29, 0.717) is 11.5 Å². The van der Waals surface area contributed by atoms with Gasteiger partial charge in [0, 0.05) is 14.6 Å². The molecule has 1 fully saturated rings. The second-order valence-electron chi connectivity index (χ2n) is 4.53. The van der Waals surface area contributed by atoms with Crippen molar-refractivity contribution in [1.82, 2.24) is 10.6 Å². The lowest BCUT2D eigenvalue weighted by Crippen LogP contribution is -2.26. The molecule has 0 bridgehead atoms. The van der Waals surface area contributed by atoms with Gasteiger partial charge in [0.2, 0.25) is 0 Å². The first-order valence-corrected chi connectivity index (χ1v) is 7.98. The van der Waals surface area contributed by atoms with Crippen LogP contribution in [0.2, 0.25) is 0 Å². The zero-order chi connectivity index (χ0) is 13.0. The van der Waals surface area contributed by atoms with E-state index in [1.54, 1.807) is 0 Å². The number of nitrogens with one attached hydrogen (secondary N) is 2. The number of halogens is 2. The fourth-order valence-electron chi connectivity index (χ4n) is 2.12. The van der Waals surface area contributed by atoms with E-state index < -0.39 is 0 Å². The fourth-order valence-corrected chi connectivity index (χ4v) is 3.04. The number of rotatable bonds is 4. The van der Waals surface area contributed by atoms with E-state index in [2.05, 4.69) is 49.2 Å². The van der Waals surface area contributed by atoms with Gasteiger partial charge in [-0.25, -0.2) is 0 Å². The molecule has 1 aliphatic heterocycles. The zero-order valence-corrected chi connectivity index (χ0v) is 13.8. The van der Waals surface area contributed by atoms with Crippen LogP contribution in [-0.4, -0.2) is 25.5 Å². The van der Waals surface area contributed by atoms with Crippen LogP contribution in [0, 0.1) is 9.49 Å². The molecule has 1 saturated heterocycles. The van der Waals surface area contributed by atoms with Crippen LogP contribution in [0.5, 0.6) is 0 Å². The Bertz CT molecular complexity index is 433. The van der Waals surface area contributed by atoms with Crippen molar-refractivity contribution in [1.29, 1.82) is 0 Å². The van der Waals surface area contributed by atoms with E-state index in [1.807, 2.05) is 18.2 Å². The van der Waals surface area contributed by atoms with Gasteiger partial charge in [-0.15, -0.1) is 0 Å². The van der Waals surface area contributed by atoms with E-state index in [4.69, 9.17) is 0 Å². The molecule has 98 valence electrons. The molecule has 5 heteroatoms. The molecule has 0 aromatic heterocycles. The van der Waals surface area contributed by atoms with Crippen LogP contribution in [0.1, 0.15) is 23.2 Å². The average Bonchev–Trinajstić information content (AvgIpc) is 2.85. The number of carbonyl (C=O) groups is 1. The highest BCUT2D eigenvalue weighted by Crippen LogP contribution is 2.19. The number of hydrogen-bond donors (Lipinski definition) is 2. The Labute approximate surface area is 129 Å². The summed E-state index contributed by atoms with van der Waals surface area (Å²) in [6.07, 6.45) is 2.28. The van der Waals surface area contributed by atoms with Crippen LogP contribution in [-0.2, 0) is 0 Å². The van der Waals surface area contributed by atoms with Gasteiger partial charge in [0.25, 0.3) is 5.91 Å². The number of hydrogen-bond acceptors (Lipinski definition) is 2. The Kier molecular flexibility index (Phi) is 5.44. The van der Waals surface area contributed by atoms with Crippen LogP contribution in [0.25, 0.3) is 0 Å². The normalized spacial score (nSPS) is 18.9. The average molecular weight is 423 g/mol. The van der Waals surface area contributed by atoms with E-state index in [9.17, 15) is 4.79 Å². The summed E-state index contributed by atoms with van der Waals surface area (Å²) in [6, 6.07) is 5.79. The minimum atomic E-state index is 0.00588. The van der Waals surface area contributed by atoms with Crippen molar-refractivity contribution in [3.05, 3.63) is 31.8 Å². The number of benzene rings is 1. The second kappa shape index (κ2) is 6.86. The van der Waals surface area contributed by atoms with Gasteiger partial charge < -0.3 is 10.6 Å². The molecule has 0 radical (unpaired) electrons. The van der Waals surface area contributed by atoms with Crippen molar-refractivity contribution < 1.29 is 4.79 Å². The quantitative estimate of drug-likeness (QED) is 0.732.